The lowest BCUT2D eigenvalue weighted by Gasteiger charge is -2.16. The summed E-state index contributed by atoms with van der Waals surface area (Å²) in [6, 6.07) is 2.07. The molecule has 98 valence electrons. The first-order chi connectivity index (χ1) is 8.85. The quantitative estimate of drug-likeness (QED) is 0.807. The average molecular weight is 264 g/mol. The molecule has 0 radical (unpaired) electrons. The minimum atomic E-state index is 0.628. The first kappa shape index (κ1) is 13.2. The smallest absolute Gasteiger partial charge is 0.138 e. The summed E-state index contributed by atoms with van der Waals surface area (Å²) in [5.74, 6) is 1.57. The van der Waals surface area contributed by atoms with Gasteiger partial charge in [-0.2, -0.15) is 0 Å². The van der Waals surface area contributed by atoms with Crippen LogP contribution in [-0.2, 0) is 0 Å². The van der Waals surface area contributed by atoms with Crippen molar-refractivity contribution in [2.45, 2.75) is 26.2 Å². The van der Waals surface area contributed by atoms with Crippen molar-refractivity contribution in [1.82, 2.24) is 9.97 Å². The van der Waals surface area contributed by atoms with Gasteiger partial charge < -0.3 is 11.1 Å². The van der Waals surface area contributed by atoms with Gasteiger partial charge >= 0.3 is 0 Å². The van der Waals surface area contributed by atoms with E-state index in [1.165, 1.54) is 12.8 Å². The molecule has 0 fully saturated rings. The SMILES string of the molecule is CCCC(CCN)CNc1ncnc2sccc12. The van der Waals surface area contributed by atoms with Crippen LogP contribution >= 0.6 is 11.3 Å². The second-order valence-electron chi connectivity index (χ2n) is 4.47. The highest BCUT2D eigenvalue weighted by Crippen LogP contribution is 2.24. The van der Waals surface area contributed by atoms with Crippen molar-refractivity contribution in [1.29, 1.82) is 0 Å². The van der Waals surface area contributed by atoms with Crippen LogP contribution in [0.4, 0.5) is 5.82 Å². The van der Waals surface area contributed by atoms with Crippen molar-refractivity contribution in [3.63, 3.8) is 0 Å². The minimum absolute atomic E-state index is 0.628. The average Bonchev–Trinajstić information content (AvgIpc) is 2.85. The molecule has 0 aliphatic rings. The van der Waals surface area contributed by atoms with Gasteiger partial charge in [-0.1, -0.05) is 13.3 Å². The van der Waals surface area contributed by atoms with Gasteiger partial charge in [-0.05, 0) is 36.8 Å². The van der Waals surface area contributed by atoms with E-state index in [-0.39, 0.29) is 0 Å². The van der Waals surface area contributed by atoms with Crippen molar-refractivity contribution >= 4 is 27.4 Å². The summed E-state index contributed by atoms with van der Waals surface area (Å²) < 4.78 is 0. The predicted molar refractivity (Wildman–Crippen MR) is 78.0 cm³/mol. The molecule has 0 saturated heterocycles. The molecule has 1 unspecified atom stereocenters. The molecule has 0 aliphatic carbocycles. The Kier molecular flexibility index (Phi) is 4.90. The van der Waals surface area contributed by atoms with Crippen LogP contribution in [0.3, 0.4) is 0 Å². The number of nitrogens with zero attached hydrogens (tertiary/aromatic N) is 2. The molecule has 5 heteroatoms. The lowest BCUT2D eigenvalue weighted by Crippen LogP contribution is -2.18. The van der Waals surface area contributed by atoms with Gasteiger partial charge in [0.15, 0.2) is 0 Å². The van der Waals surface area contributed by atoms with E-state index in [9.17, 15) is 0 Å². The molecule has 2 heterocycles. The zero-order chi connectivity index (χ0) is 12.8. The molecule has 2 aromatic heterocycles. The molecule has 0 spiro atoms. The molecule has 0 aliphatic heterocycles. The van der Waals surface area contributed by atoms with Crippen molar-refractivity contribution in [2.24, 2.45) is 11.7 Å². The number of nitrogens with two attached hydrogens (primary N) is 1. The normalized spacial score (nSPS) is 12.8. The fourth-order valence-corrected chi connectivity index (χ4v) is 2.90. The highest BCUT2D eigenvalue weighted by Gasteiger charge is 2.09. The van der Waals surface area contributed by atoms with Crippen LogP contribution in [0.2, 0.25) is 0 Å². The maximum atomic E-state index is 5.65. The topological polar surface area (TPSA) is 63.8 Å². The molecule has 0 saturated carbocycles. The number of aromatic nitrogens is 2. The van der Waals surface area contributed by atoms with E-state index in [0.29, 0.717) is 5.92 Å². The van der Waals surface area contributed by atoms with Crippen molar-refractivity contribution in [2.75, 3.05) is 18.4 Å². The van der Waals surface area contributed by atoms with Crippen LogP contribution in [-0.4, -0.2) is 23.1 Å². The molecule has 2 aromatic rings. The minimum Gasteiger partial charge on any atom is -0.369 e. The number of fused-ring (bicyclic) bond motifs is 1. The zero-order valence-electron chi connectivity index (χ0n) is 10.7. The van der Waals surface area contributed by atoms with Crippen LogP contribution in [0.25, 0.3) is 10.2 Å². The maximum absolute atomic E-state index is 5.65. The van der Waals surface area contributed by atoms with Crippen LogP contribution in [0.15, 0.2) is 17.8 Å². The second kappa shape index (κ2) is 6.66. The predicted octanol–water partition coefficient (Wildman–Crippen LogP) is 2.87. The molecule has 1 atom stereocenters. The molecule has 18 heavy (non-hydrogen) atoms. The third-order valence-electron chi connectivity index (χ3n) is 3.09. The highest BCUT2D eigenvalue weighted by molar-refractivity contribution is 7.16. The molecule has 0 amide bonds. The summed E-state index contributed by atoms with van der Waals surface area (Å²) in [5.41, 5.74) is 5.65. The van der Waals surface area contributed by atoms with E-state index in [1.807, 2.05) is 5.38 Å². The first-order valence-electron chi connectivity index (χ1n) is 6.47. The number of anilines is 1. The third kappa shape index (κ3) is 3.17. The summed E-state index contributed by atoms with van der Waals surface area (Å²) in [6.45, 7) is 3.91. The Balaban J connectivity index is 2.02. The van der Waals surface area contributed by atoms with Gasteiger partial charge in [0.1, 0.15) is 17.0 Å². The molecule has 2 rings (SSSR count). The van der Waals surface area contributed by atoms with E-state index in [0.717, 1.165) is 35.5 Å². The van der Waals surface area contributed by atoms with Crippen LogP contribution in [0.5, 0.6) is 0 Å². The van der Waals surface area contributed by atoms with Crippen LogP contribution < -0.4 is 11.1 Å². The van der Waals surface area contributed by atoms with E-state index in [1.54, 1.807) is 17.7 Å². The number of thiophene rings is 1. The van der Waals surface area contributed by atoms with Gasteiger partial charge in [-0.25, -0.2) is 9.97 Å². The Morgan fingerprint density at radius 2 is 2.28 bits per heavy atom. The fraction of sp³-hybridized carbons (Fsp3) is 0.538. The van der Waals surface area contributed by atoms with Gasteiger partial charge in [0.2, 0.25) is 0 Å². The van der Waals surface area contributed by atoms with E-state index >= 15 is 0 Å². The summed E-state index contributed by atoms with van der Waals surface area (Å²) in [5, 5.41) is 6.61. The standard InChI is InChI=1S/C13H20N4S/c1-2-3-10(4-6-14)8-15-12-11-5-7-18-13(11)17-9-16-12/h5,7,9-10H,2-4,6,8,14H2,1H3,(H,15,16,17). The summed E-state index contributed by atoms with van der Waals surface area (Å²) in [7, 11) is 0. The van der Waals surface area contributed by atoms with Crippen molar-refractivity contribution in [3.05, 3.63) is 17.8 Å². The zero-order valence-corrected chi connectivity index (χ0v) is 11.5. The first-order valence-corrected chi connectivity index (χ1v) is 7.35. The fourth-order valence-electron chi connectivity index (χ4n) is 2.16. The lowest BCUT2D eigenvalue weighted by atomic mass is 10.00. The number of rotatable bonds is 7. The Labute approximate surface area is 112 Å². The van der Waals surface area contributed by atoms with Gasteiger partial charge in [0, 0.05) is 6.54 Å². The Hall–Kier alpha value is -1.20. The van der Waals surface area contributed by atoms with Gasteiger partial charge in [0.05, 0.1) is 5.39 Å². The largest absolute Gasteiger partial charge is 0.369 e. The van der Waals surface area contributed by atoms with E-state index in [4.69, 9.17) is 5.73 Å². The number of nitrogens with one attached hydrogen (secondary N) is 1. The molecular weight excluding hydrogens is 244 g/mol. The molecule has 0 bridgehead atoms. The number of hydrogen-bond acceptors (Lipinski definition) is 5. The third-order valence-corrected chi connectivity index (χ3v) is 3.91. The summed E-state index contributed by atoms with van der Waals surface area (Å²) >= 11 is 1.65. The lowest BCUT2D eigenvalue weighted by molar-refractivity contribution is 0.473. The molecule has 3 N–H and O–H groups in total. The Morgan fingerprint density at radius 1 is 1.39 bits per heavy atom. The number of hydrogen-bond donors (Lipinski definition) is 2. The molecule has 0 aromatic carbocycles. The second-order valence-corrected chi connectivity index (χ2v) is 5.37. The monoisotopic (exact) mass is 264 g/mol. The highest BCUT2D eigenvalue weighted by atomic mass is 32.1. The van der Waals surface area contributed by atoms with Gasteiger partial charge in [-0.15, -0.1) is 11.3 Å². The van der Waals surface area contributed by atoms with E-state index in [2.05, 4.69) is 28.3 Å². The Morgan fingerprint density at radius 3 is 3.06 bits per heavy atom. The maximum Gasteiger partial charge on any atom is 0.138 e. The molecular formula is C13H20N4S. The Bertz CT molecular complexity index is 477. The van der Waals surface area contributed by atoms with Gasteiger partial charge in [-0.3, -0.25) is 0 Å². The van der Waals surface area contributed by atoms with Crippen LogP contribution in [0, 0.1) is 5.92 Å². The van der Waals surface area contributed by atoms with Crippen molar-refractivity contribution < 1.29 is 0 Å². The summed E-state index contributed by atoms with van der Waals surface area (Å²) in [6.07, 6.45) is 5.10. The summed E-state index contributed by atoms with van der Waals surface area (Å²) in [4.78, 5) is 9.61. The van der Waals surface area contributed by atoms with E-state index < -0.39 is 0 Å². The van der Waals surface area contributed by atoms with Gasteiger partial charge in [0.25, 0.3) is 0 Å². The molecule has 4 nitrogen and oxygen atoms in total. The van der Waals surface area contributed by atoms with Crippen molar-refractivity contribution in [3.8, 4) is 0 Å². The van der Waals surface area contributed by atoms with Crippen LogP contribution in [0.1, 0.15) is 26.2 Å².